The molecule has 1 aromatic carbocycles. The van der Waals surface area contributed by atoms with Gasteiger partial charge in [-0.3, -0.25) is 24.6 Å². The summed E-state index contributed by atoms with van der Waals surface area (Å²) in [5.74, 6) is -2.11. The van der Waals surface area contributed by atoms with E-state index in [-0.39, 0.29) is 31.8 Å². The first-order valence-electron chi connectivity index (χ1n) is 12.0. The summed E-state index contributed by atoms with van der Waals surface area (Å²) in [5, 5.41) is 1.94. The maximum absolute atomic E-state index is 14.2. The molecule has 1 heterocycles. The van der Waals surface area contributed by atoms with Gasteiger partial charge in [-0.05, 0) is 35.7 Å². The molecule has 1 fully saturated rings. The van der Waals surface area contributed by atoms with Gasteiger partial charge in [-0.1, -0.05) is 30.4 Å². The first-order valence-corrected chi connectivity index (χ1v) is 12.3. The molecule has 1 saturated carbocycles. The van der Waals surface area contributed by atoms with Crippen molar-refractivity contribution in [3.05, 3.63) is 53.8 Å². The lowest BCUT2D eigenvalue weighted by atomic mass is 9.64. The van der Waals surface area contributed by atoms with E-state index in [1.807, 2.05) is 36.4 Å². The highest BCUT2D eigenvalue weighted by Crippen LogP contribution is 2.61. The molecule has 4 rings (SSSR count). The Bertz CT molecular complexity index is 1170. The van der Waals surface area contributed by atoms with Crippen LogP contribution < -0.4 is 10.2 Å². The Hall–Kier alpha value is -3.37. The highest BCUT2D eigenvalue weighted by molar-refractivity contribution is 6.62. The zero-order valence-electron chi connectivity index (χ0n) is 21.1. The predicted molar refractivity (Wildman–Crippen MR) is 135 cm³/mol. The predicted octanol–water partition coefficient (Wildman–Crippen LogP) is 3.16. The average molecular weight is 532 g/mol. The Morgan fingerprint density at radius 2 is 1.97 bits per heavy atom. The fourth-order valence-corrected chi connectivity index (χ4v) is 6.14. The number of carbonyl (C=O) groups is 4. The number of benzene rings is 1. The molecule has 37 heavy (non-hydrogen) atoms. The molecular weight excluding hydrogens is 502 g/mol. The third-order valence-electron chi connectivity index (χ3n) is 7.38. The Morgan fingerprint density at radius 3 is 2.62 bits per heavy atom. The molecule has 10 nitrogen and oxygen atoms in total. The second kappa shape index (κ2) is 10.5. The van der Waals surface area contributed by atoms with Crippen LogP contribution in [0.25, 0.3) is 0 Å². The van der Waals surface area contributed by atoms with Crippen molar-refractivity contribution in [2.45, 2.75) is 25.3 Å². The number of para-hydroxylation sites is 1. The van der Waals surface area contributed by atoms with Gasteiger partial charge in [0.1, 0.15) is 12.1 Å². The van der Waals surface area contributed by atoms with Crippen LogP contribution in [0.5, 0.6) is 0 Å². The van der Waals surface area contributed by atoms with Gasteiger partial charge in [0.15, 0.2) is 0 Å². The maximum atomic E-state index is 14.2. The summed E-state index contributed by atoms with van der Waals surface area (Å²) in [6, 6.07) is 6.77. The Kier molecular flexibility index (Phi) is 7.61. The number of carbonyl (C=O) groups excluding carboxylic acids is 4. The van der Waals surface area contributed by atoms with Crippen molar-refractivity contribution in [3.63, 3.8) is 0 Å². The molecule has 3 amide bonds. The topological polar surface area (TPSA) is 114 Å². The van der Waals surface area contributed by atoms with Crippen molar-refractivity contribution >= 4 is 40.6 Å². The zero-order valence-corrected chi connectivity index (χ0v) is 21.9. The molecule has 3 aliphatic rings. The lowest BCUT2D eigenvalue weighted by Gasteiger charge is -2.41. The highest BCUT2D eigenvalue weighted by atomic mass is 35.5. The second-order valence-electron chi connectivity index (χ2n) is 9.23. The Labute approximate surface area is 220 Å². The normalized spacial score (nSPS) is 28.4. The molecule has 5 atom stereocenters. The molecular formula is C26H30ClN3O7. The third-order valence-corrected chi connectivity index (χ3v) is 7.64. The summed E-state index contributed by atoms with van der Waals surface area (Å²) >= 11 is 5.99. The number of nitrogens with zero attached hydrogens (tertiary/aromatic N) is 2. The highest BCUT2D eigenvalue weighted by Gasteiger charge is 2.65. The number of anilines is 1. The van der Waals surface area contributed by atoms with Gasteiger partial charge in [-0.25, -0.2) is 4.79 Å². The first kappa shape index (κ1) is 26.7. The number of methoxy groups -OCH3 is 1. The van der Waals surface area contributed by atoms with E-state index in [4.69, 9.17) is 25.8 Å². The maximum Gasteiger partial charge on any atom is 0.411 e. The summed E-state index contributed by atoms with van der Waals surface area (Å²) in [7, 11) is 3.07. The monoisotopic (exact) mass is 531 g/mol. The van der Waals surface area contributed by atoms with Gasteiger partial charge in [-0.2, -0.15) is 0 Å². The molecule has 0 unspecified atom stereocenters. The van der Waals surface area contributed by atoms with Gasteiger partial charge >= 0.3 is 17.4 Å². The van der Waals surface area contributed by atoms with Crippen LogP contribution in [-0.4, -0.2) is 68.4 Å². The molecule has 11 heteroatoms. The number of rotatable bonds is 7. The van der Waals surface area contributed by atoms with E-state index in [9.17, 15) is 19.2 Å². The number of hydrogen-bond acceptors (Lipinski definition) is 7. The number of hydrogen-bond donors (Lipinski definition) is 1. The lowest BCUT2D eigenvalue weighted by Crippen LogP contribution is -2.53. The summed E-state index contributed by atoms with van der Waals surface area (Å²) in [5.41, 5.74) is 0.916. The molecule has 1 aromatic rings. The molecule has 1 aliphatic heterocycles. The number of halogens is 1. The number of nitrogens with one attached hydrogen (secondary N) is 1. The van der Waals surface area contributed by atoms with Crippen molar-refractivity contribution in [3.8, 4) is 0 Å². The fraction of sp³-hybridized carbons (Fsp3) is 0.462. The van der Waals surface area contributed by atoms with Crippen LogP contribution in [0.1, 0.15) is 19.4 Å². The van der Waals surface area contributed by atoms with E-state index in [1.165, 1.54) is 18.9 Å². The minimum absolute atomic E-state index is 0.00946. The van der Waals surface area contributed by atoms with E-state index in [2.05, 4.69) is 5.32 Å². The smallest absolute Gasteiger partial charge is 0.411 e. The van der Waals surface area contributed by atoms with Gasteiger partial charge in [-0.15, -0.1) is 0 Å². The quantitative estimate of drug-likeness (QED) is 0.249. The molecule has 0 saturated heterocycles. The minimum atomic E-state index is -1.22. The SMILES string of the molecule is CCOC(=O)N/C=C1\[C@@H]2[C@H](N(C)C(=O)Cl)[C@@H](COC(C)=O)[C@H]1C=C[C@]21C(=O)N(COC)c2ccccc21. The van der Waals surface area contributed by atoms with Gasteiger partial charge < -0.3 is 19.1 Å². The van der Waals surface area contributed by atoms with Crippen LogP contribution in [0.15, 0.2) is 48.2 Å². The van der Waals surface area contributed by atoms with Crippen molar-refractivity contribution in [2.24, 2.45) is 17.8 Å². The molecule has 0 radical (unpaired) electrons. The van der Waals surface area contributed by atoms with Crippen molar-refractivity contribution < 1.29 is 33.4 Å². The minimum Gasteiger partial charge on any atom is -0.465 e. The van der Waals surface area contributed by atoms with Gasteiger partial charge in [0, 0.05) is 51.1 Å². The van der Waals surface area contributed by atoms with Crippen LogP contribution in [-0.2, 0) is 29.2 Å². The first-order chi connectivity index (χ1) is 17.7. The second-order valence-corrected chi connectivity index (χ2v) is 9.55. The van der Waals surface area contributed by atoms with Crippen LogP contribution >= 0.6 is 11.6 Å². The van der Waals surface area contributed by atoms with Gasteiger partial charge in [0.05, 0.1) is 18.9 Å². The van der Waals surface area contributed by atoms with E-state index in [0.717, 1.165) is 5.56 Å². The largest absolute Gasteiger partial charge is 0.465 e. The number of alkyl carbamates (subject to hydrolysis) is 1. The van der Waals surface area contributed by atoms with E-state index < -0.39 is 40.7 Å². The molecule has 0 aromatic heterocycles. The molecule has 2 aliphatic carbocycles. The van der Waals surface area contributed by atoms with E-state index in [0.29, 0.717) is 11.3 Å². The van der Waals surface area contributed by atoms with Crippen LogP contribution in [0.4, 0.5) is 15.3 Å². The number of esters is 1. The number of ether oxygens (including phenoxy) is 3. The third kappa shape index (κ3) is 4.38. The standard InChI is InChI=1S/C26H30ClN3O7/c1-5-36-25(34)28-12-17-16-10-11-26(19-8-6-7-9-20(19)30(14-35-4)23(26)32)21(17)22(29(3)24(27)33)18(16)13-37-15(2)31/h6-12,16,18,21-22H,5,13-14H2,1-4H3,(H,28,34)/b17-12-/t16-,18-,21+,22+,26+/m0/s1. The molecule has 1 spiro atoms. The Balaban J connectivity index is 1.93. The molecule has 198 valence electrons. The summed E-state index contributed by atoms with van der Waals surface area (Å²) < 4.78 is 15.8. The van der Waals surface area contributed by atoms with E-state index in [1.54, 1.807) is 25.1 Å². The van der Waals surface area contributed by atoms with Gasteiger partial charge in [0.25, 0.3) is 0 Å². The summed E-state index contributed by atoms with van der Waals surface area (Å²) in [4.78, 5) is 53.6. The van der Waals surface area contributed by atoms with Crippen LogP contribution in [0, 0.1) is 17.8 Å². The average Bonchev–Trinajstić information content (AvgIpc) is 3.23. The van der Waals surface area contributed by atoms with E-state index >= 15 is 0 Å². The Morgan fingerprint density at radius 1 is 1.24 bits per heavy atom. The van der Waals surface area contributed by atoms with Gasteiger partial charge in [0.2, 0.25) is 5.91 Å². The van der Waals surface area contributed by atoms with Crippen molar-refractivity contribution in [2.75, 3.05) is 39.0 Å². The van der Waals surface area contributed by atoms with Crippen molar-refractivity contribution in [1.29, 1.82) is 0 Å². The zero-order chi connectivity index (χ0) is 26.9. The fourth-order valence-electron chi connectivity index (χ4n) is 6.03. The van der Waals surface area contributed by atoms with Crippen LogP contribution in [0.2, 0.25) is 0 Å². The summed E-state index contributed by atoms with van der Waals surface area (Å²) in [6.07, 6.45) is 4.66. The number of amides is 3. The summed E-state index contributed by atoms with van der Waals surface area (Å²) in [6.45, 7) is 3.21. The number of allylic oxidation sites excluding steroid dienone is 1. The lowest BCUT2D eigenvalue weighted by molar-refractivity contribution is -0.143. The molecule has 2 bridgehead atoms. The number of fused-ring (bicyclic) bond motifs is 5. The van der Waals surface area contributed by atoms with Crippen LogP contribution in [0.3, 0.4) is 0 Å². The van der Waals surface area contributed by atoms with Crippen molar-refractivity contribution in [1.82, 2.24) is 10.2 Å². The molecule has 1 N–H and O–H groups in total.